The van der Waals surface area contributed by atoms with Gasteiger partial charge in [-0.2, -0.15) is 0 Å². The first-order valence-corrected chi connectivity index (χ1v) is 6.93. The highest BCUT2D eigenvalue weighted by Crippen LogP contribution is 2.37. The van der Waals surface area contributed by atoms with Crippen molar-refractivity contribution in [1.29, 1.82) is 0 Å². The molecule has 2 nitrogen and oxygen atoms in total. The van der Waals surface area contributed by atoms with E-state index in [1.54, 1.807) is 0 Å². The Hall–Kier alpha value is -1.18. The molecule has 1 heterocycles. The molecule has 0 aromatic heterocycles. The van der Waals surface area contributed by atoms with Gasteiger partial charge in [-0.05, 0) is 42.9 Å². The highest BCUT2D eigenvalue weighted by Gasteiger charge is 2.31. The highest BCUT2D eigenvalue weighted by molar-refractivity contribution is 5.56. The zero-order valence-corrected chi connectivity index (χ0v) is 10.4. The highest BCUT2D eigenvalue weighted by atomic mass is 15.1. The molecule has 1 aromatic carbocycles. The van der Waals surface area contributed by atoms with Crippen LogP contribution in [0, 0.1) is 11.8 Å². The second-order valence-corrected chi connectivity index (χ2v) is 5.63. The van der Waals surface area contributed by atoms with Crippen LogP contribution in [0.1, 0.15) is 32.1 Å². The number of hydrogen-bond acceptors (Lipinski definition) is 2. The molecule has 1 aromatic rings. The van der Waals surface area contributed by atoms with Gasteiger partial charge in [-0.1, -0.05) is 25.3 Å². The van der Waals surface area contributed by atoms with E-state index in [2.05, 4.69) is 23.1 Å². The van der Waals surface area contributed by atoms with Gasteiger partial charge in [-0.25, -0.2) is 0 Å². The molecular weight excluding hydrogens is 208 g/mol. The summed E-state index contributed by atoms with van der Waals surface area (Å²) in [5.41, 5.74) is 8.07. The lowest BCUT2D eigenvalue weighted by Crippen LogP contribution is -2.41. The lowest BCUT2D eigenvalue weighted by atomic mass is 9.75. The summed E-state index contributed by atoms with van der Waals surface area (Å²) in [5.74, 6) is 1.93. The van der Waals surface area contributed by atoms with Gasteiger partial charge in [0.05, 0.1) is 0 Å². The van der Waals surface area contributed by atoms with Gasteiger partial charge in [0.1, 0.15) is 0 Å². The molecule has 0 bridgehead atoms. The quantitative estimate of drug-likeness (QED) is 0.750. The minimum Gasteiger partial charge on any atom is -0.399 e. The van der Waals surface area contributed by atoms with Crippen molar-refractivity contribution in [2.24, 2.45) is 11.8 Å². The Morgan fingerprint density at radius 1 is 1.06 bits per heavy atom. The molecule has 2 fully saturated rings. The Morgan fingerprint density at radius 3 is 2.71 bits per heavy atom. The molecule has 2 heteroatoms. The minimum atomic E-state index is 0.883. The summed E-state index contributed by atoms with van der Waals surface area (Å²) in [6, 6.07) is 8.34. The van der Waals surface area contributed by atoms with E-state index >= 15 is 0 Å². The Morgan fingerprint density at radius 2 is 1.88 bits per heavy atom. The van der Waals surface area contributed by atoms with Crippen molar-refractivity contribution >= 4 is 11.4 Å². The third kappa shape index (κ3) is 2.26. The molecule has 0 amide bonds. The summed E-state index contributed by atoms with van der Waals surface area (Å²) < 4.78 is 0. The van der Waals surface area contributed by atoms with Gasteiger partial charge in [0.2, 0.25) is 0 Å². The fourth-order valence-corrected chi connectivity index (χ4v) is 3.56. The molecule has 0 spiro atoms. The van der Waals surface area contributed by atoms with Crippen molar-refractivity contribution in [1.82, 2.24) is 0 Å². The standard InChI is InChI=1S/C15H22N2/c16-14-6-3-7-15(10-14)17-9-8-12-4-1-2-5-13(12)11-17/h3,6-7,10,12-13H,1-2,4-5,8-9,11,16H2. The van der Waals surface area contributed by atoms with E-state index in [4.69, 9.17) is 5.73 Å². The smallest absolute Gasteiger partial charge is 0.0386 e. The second kappa shape index (κ2) is 4.59. The SMILES string of the molecule is Nc1cccc(N2CCC3CCCCC3C2)c1. The number of benzene rings is 1. The van der Waals surface area contributed by atoms with Crippen LogP contribution < -0.4 is 10.6 Å². The first-order chi connectivity index (χ1) is 8.33. The first-order valence-electron chi connectivity index (χ1n) is 6.93. The lowest BCUT2D eigenvalue weighted by Gasteiger charge is -2.42. The zero-order chi connectivity index (χ0) is 11.7. The van der Waals surface area contributed by atoms with Crippen LogP contribution in [0.2, 0.25) is 0 Å². The summed E-state index contributed by atoms with van der Waals surface area (Å²) in [7, 11) is 0. The third-order valence-corrected chi connectivity index (χ3v) is 4.53. The van der Waals surface area contributed by atoms with Crippen LogP contribution in [-0.2, 0) is 0 Å². The number of fused-ring (bicyclic) bond motifs is 1. The van der Waals surface area contributed by atoms with E-state index in [0.29, 0.717) is 0 Å². The van der Waals surface area contributed by atoms with E-state index in [0.717, 1.165) is 17.5 Å². The summed E-state index contributed by atoms with van der Waals surface area (Å²) >= 11 is 0. The van der Waals surface area contributed by atoms with Crippen molar-refractivity contribution in [3.63, 3.8) is 0 Å². The number of rotatable bonds is 1. The summed E-state index contributed by atoms with van der Waals surface area (Å²) in [6.07, 6.45) is 7.17. The van der Waals surface area contributed by atoms with Crippen LogP contribution in [0.4, 0.5) is 11.4 Å². The van der Waals surface area contributed by atoms with Gasteiger partial charge in [0.15, 0.2) is 0 Å². The van der Waals surface area contributed by atoms with Crippen LogP contribution in [0.25, 0.3) is 0 Å². The molecule has 1 saturated carbocycles. The van der Waals surface area contributed by atoms with E-state index in [-0.39, 0.29) is 0 Å². The Kier molecular flexibility index (Phi) is 2.96. The predicted molar refractivity (Wildman–Crippen MR) is 73.1 cm³/mol. The molecule has 1 aliphatic carbocycles. The van der Waals surface area contributed by atoms with E-state index < -0.39 is 0 Å². The molecule has 3 rings (SSSR count). The molecule has 2 unspecified atom stereocenters. The number of piperidine rings is 1. The maximum Gasteiger partial charge on any atom is 0.0386 e. The second-order valence-electron chi connectivity index (χ2n) is 5.63. The van der Waals surface area contributed by atoms with Gasteiger partial charge in [-0.3, -0.25) is 0 Å². The number of nitrogens with two attached hydrogens (primary N) is 1. The normalized spacial score (nSPS) is 28.8. The molecule has 2 aliphatic rings. The van der Waals surface area contributed by atoms with Crippen LogP contribution in [0.15, 0.2) is 24.3 Å². The van der Waals surface area contributed by atoms with Crippen molar-refractivity contribution in [2.75, 3.05) is 23.7 Å². The zero-order valence-electron chi connectivity index (χ0n) is 10.4. The molecule has 1 aliphatic heterocycles. The monoisotopic (exact) mass is 230 g/mol. The van der Waals surface area contributed by atoms with Crippen LogP contribution in [0.5, 0.6) is 0 Å². The van der Waals surface area contributed by atoms with Crippen molar-refractivity contribution in [3.05, 3.63) is 24.3 Å². The Bertz CT molecular complexity index is 388. The summed E-state index contributed by atoms with van der Waals surface area (Å²) in [6.45, 7) is 2.46. The number of hydrogen-bond donors (Lipinski definition) is 1. The molecular formula is C15H22N2. The van der Waals surface area contributed by atoms with Gasteiger partial charge in [0.25, 0.3) is 0 Å². The minimum absolute atomic E-state index is 0.883. The topological polar surface area (TPSA) is 29.3 Å². The first kappa shape index (κ1) is 10.9. The molecule has 2 N–H and O–H groups in total. The van der Waals surface area contributed by atoms with E-state index in [1.165, 1.54) is 50.9 Å². The summed E-state index contributed by atoms with van der Waals surface area (Å²) in [4.78, 5) is 2.53. The number of nitrogens with zero attached hydrogens (tertiary/aromatic N) is 1. The van der Waals surface area contributed by atoms with Crippen LogP contribution in [-0.4, -0.2) is 13.1 Å². The van der Waals surface area contributed by atoms with Crippen molar-refractivity contribution < 1.29 is 0 Å². The van der Waals surface area contributed by atoms with Gasteiger partial charge in [0, 0.05) is 24.5 Å². The van der Waals surface area contributed by atoms with Crippen LogP contribution in [0.3, 0.4) is 0 Å². The number of anilines is 2. The maximum atomic E-state index is 5.87. The third-order valence-electron chi connectivity index (χ3n) is 4.53. The average Bonchev–Trinajstić information content (AvgIpc) is 2.38. The number of nitrogen functional groups attached to an aromatic ring is 1. The molecule has 1 saturated heterocycles. The summed E-state index contributed by atoms with van der Waals surface area (Å²) in [5, 5.41) is 0. The lowest BCUT2D eigenvalue weighted by molar-refractivity contribution is 0.202. The fourth-order valence-electron chi connectivity index (χ4n) is 3.56. The Labute approximate surface area is 104 Å². The van der Waals surface area contributed by atoms with Gasteiger partial charge in [-0.15, -0.1) is 0 Å². The van der Waals surface area contributed by atoms with Crippen LogP contribution >= 0.6 is 0 Å². The van der Waals surface area contributed by atoms with E-state index in [9.17, 15) is 0 Å². The van der Waals surface area contributed by atoms with Crippen molar-refractivity contribution in [3.8, 4) is 0 Å². The molecule has 92 valence electrons. The largest absolute Gasteiger partial charge is 0.399 e. The average molecular weight is 230 g/mol. The van der Waals surface area contributed by atoms with E-state index in [1.807, 2.05) is 6.07 Å². The predicted octanol–water partition coefficient (Wildman–Crippen LogP) is 3.29. The molecule has 2 atom stereocenters. The maximum absolute atomic E-state index is 5.87. The van der Waals surface area contributed by atoms with Gasteiger partial charge >= 0.3 is 0 Å². The van der Waals surface area contributed by atoms with Crippen molar-refractivity contribution in [2.45, 2.75) is 32.1 Å². The molecule has 17 heavy (non-hydrogen) atoms. The molecule has 0 radical (unpaired) electrons. The van der Waals surface area contributed by atoms with Gasteiger partial charge < -0.3 is 10.6 Å². The fraction of sp³-hybridized carbons (Fsp3) is 0.600. The Balaban J connectivity index is 1.73.